The number of aromatic amines is 1. The van der Waals surface area contributed by atoms with Crippen LogP contribution in [0.3, 0.4) is 0 Å². The summed E-state index contributed by atoms with van der Waals surface area (Å²) >= 11 is 7.81. The van der Waals surface area contributed by atoms with Crippen molar-refractivity contribution < 1.29 is 22.7 Å². The number of benzene rings is 2. The minimum atomic E-state index is -0.935. The van der Waals surface area contributed by atoms with Crippen LogP contribution in [0.5, 0.6) is 6.01 Å². The van der Waals surface area contributed by atoms with Gasteiger partial charge in [-0.2, -0.15) is 15.1 Å². The number of hydrogen-bond acceptors (Lipinski definition) is 11. The first-order valence-corrected chi connectivity index (χ1v) is 17.8. The minimum absolute atomic E-state index is 0.00611. The van der Waals surface area contributed by atoms with Gasteiger partial charge >= 0.3 is 6.01 Å². The number of ether oxygens (including phenoxy) is 1. The second-order valence-corrected chi connectivity index (χ2v) is 15.4. The molecule has 0 radical (unpaired) electrons. The number of rotatable bonds is 6. The van der Waals surface area contributed by atoms with Crippen LogP contribution in [0.4, 0.5) is 24.1 Å². The van der Waals surface area contributed by atoms with E-state index in [1.54, 1.807) is 11.0 Å². The molecule has 4 fully saturated rings. The quantitative estimate of drug-likeness (QED) is 0.239. The lowest BCUT2D eigenvalue weighted by atomic mass is 9.72. The van der Waals surface area contributed by atoms with Crippen molar-refractivity contribution in [3.63, 3.8) is 0 Å². The van der Waals surface area contributed by atoms with Gasteiger partial charge in [-0.3, -0.25) is 14.8 Å². The van der Waals surface area contributed by atoms with Crippen molar-refractivity contribution in [3.8, 4) is 17.1 Å². The number of carbonyl (C=O) groups is 1. The topological polar surface area (TPSA) is 142 Å². The maximum absolute atomic E-state index is 16.9. The number of aromatic nitrogens is 6. The molecule has 0 unspecified atom stereocenters. The number of piperidine rings is 1. The highest BCUT2D eigenvalue weighted by Crippen LogP contribution is 2.46. The van der Waals surface area contributed by atoms with Gasteiger partial charge in [0, 0.05) is 61.1 Å². The monoisotopic (exact) mass is 724 g/mol. The summed E-state index contributed by atoms with van der Waals surface area (Å²) in [6, 6.07) is 4.30. The Balaban J connectivity index is 1.07. The highest BCUT2D eigenvalue weighted by molar-refractivity contribution is 7.22. The lowest BCUT2D eigenvalue weighted by molar-refractivity contribution is -0.00870. The van der Waals surface area contributed by atoms with Crippen molar-refractivity contribution in [2.24, 2.45) is 5.41 Å². The Morgan fingerprint density at radius 2 is 1.94 bits per heavy atom. The van der Waals surface area contributed by atoms with Crippen molar-refractivity contribution in [2.45, 2.75) is 43.8 Å². The number of halogens is 4. The normalized spacial score (nSPS) is 23.2. The summed E-state index contributed by atoms with van der Waals surface area (Å²) in [4.78, 5) is 36.4. The van der Waals surface area contributed by atoms with Crippen LogP contribution in [0.2, 0.25) is 5.02 Å². The maximum Gasteiger partial charge on any atom is 0.319 e. The SMILES string of the molecule is Nc1nc2c(-c3c(Cl)cc4c(N5CCC6(CC5)CN(C(=O)c5ncn[nH]5)C6)nc(OC[C@@]56CCCN5C[C@H](F)C6)nc4c3F)ccc(F)c2s1. The summed E-state index contributed by atoms with van der Waals surface area (Å²) in [5, 5.41) is 7.04. The Morgan fingerprint density at radius 1 is 1.12 bits per heavy atom. The Morgan fingerprint density at radius 3 is 2.72 bits per heavy atom. The molecule has 1 spiro atoms. The summed E-state index contributed by atoms with van der Waals surface area (Å²) in [6.07, 6.45) is 4.03. The van der Waals surface area contributed by atoms with Crippen LogP contribution in [-0.4, -0.2) is 103 Å². The molecule has 17 heteroatoms. The Hall–Kier alpha value is -4.28. The van der Waals surface area contributed by atoms with E-state index in [0.29, 0.717) is 50.3 Å². The van der Waals surface area contributed by atoms with Crippen LogP contribution in [0.25, 0.3) is 32.2 Å². The molecule has 12 nitrogen and oxygen atoms in total. The van der Waals surface area contributed by atoms with Crippen molar-refractivity contribution >= 4 is 60.9 Å². The molecule has 0 saturated carbocycles. The van der Waals surface area contributed by atoms with E-state index in [1.807, 2.05) is 0 Å². The van der Waals surface area contributed by atoms with Crippen molar-refractivity contribution in [1.82, 2.24) is 39.9 Å². The van der Waals surface area contributed by atoms with Crippen molar-refractivity contribution in [1.29, 1.82) is 0 Å². The number of nitrogens with zero attached hydrogens (tertiary/aromatic N) is 8. The molecule has 4 aliphatic heterocycles. The van der Waals surface area contributed by atoms with E-state index in [1.165, 1.54) is 18.5 Å². The zero-order valence-electron chi connectivity index (χ0n) is 26.8. The lowest BCUT2D eigenvalue weighted by Gasteiger charge is -2.53. The van der Waals surface area contributed by atoms with Crippen LogP contribution in [-0.2, 0) is 0 Å². The Kier molecular flexibility index (Phi) is 7.37. The summed E-state index contributed by atoms with van der Waals surface area (Å²) in [6.45, 7) is 3.73. The number of fused-ring (bicyclic) bond motifs is 3. The molecule has 0 aliphatic carbocycles. The molecule has 1 amide bonds. The van der Waals surface area contributed by atoms with Crippen LogP contribution in [0.15, 0.2) is 24.5 Å². The number of H-pyrrole nitrogens is 1. The third-order valence-corrected chi connectivity index (χ3v) is 12.1. The summed E-state index contributed by atoms with van der Waals surface area (Å²) in [7, 11) is 0. The van der Waals surface area contributed by atoms with Gasteiger partial charge in [0.1, 0.15) is 36.3 Å². The van der Waals surface area contributed by atoms with E-state index >= 15 is 4.39 Å². The summed E-state index contributed by atoms with van der Waals surface area (Å²) in [5.74, 6) is -0.729. The van der Waals surface area contributed by atoms with Crippen molar-refractivity contribution in [3.05, 3.63) is 47.0 Å². The molecule has 3 aromatic heterocycles. The highest BCUT2D eigenvalue weighted by atomic mass is 35.5. The summed E-state index contributed by atoms with van der Waals surface area (Å²) in [5.41, 5.74) is 5.92. The van der Waals surface area contributed by atoms with Gasteiger partial charge in [-0.15, -0.1) is 0 Å². The molecule has 50 heavy (non-hydrogen) atoms. The van der Waals surface area contributed by atoms with Gasteiger partial charge in [-0.1, -0.05) is 22.9 Å². The van der Waals surface area contributed by atoms with Crippen LogP contribution in [0, 0.1) is 17.0 Å². The van der Waals surface area contributed by atoms with E-state index in [2.05, 4.69) is 34.9 Å². The largest absolute Gasteiger partial charge is 0.461 e. The fraction of sp³-hybridized carbons (Fsp3) is 0.455. The number of likely N-dealkylation sites (tertiary alicyclic amines) is 1. The third kappa shape index (κ3) is 5.05. The van der Waals surface area contributed by atoms with Crippen molar-refractivity contribution in [2.75, 3.05) is 56.5 Å². The van der Waals surface area contributed by atoms with Gasteiger partial charge in [-0.25, -0.2) is 23.1 Å². The predicted octanol–water partition coefficient (Wildman–Crippen LogP) is 5.24. The molecule has 4 saturated heterocycles. The minimum Gasteiger partial charge on any atom is -0.461 e. The maximum atomic E-state index is 16.9. The standard InChI is InChI=1S/C33H32ClF3N10O2S/c34-20-10-19-24(23(37)22(20)18-2-3-21(36)26-25(18)41-30(38)50-26)42-31(49-15-33-4-1-7-47(33)12-17(35)11-33)43-28(19)45-8-5-32(6-9-45)13-46(14-32)29(48)27-39-16-40-44-27/h2-3,10,16-17H,1,4-9,11-15H2,(H2,38,41)(H,39,40,44)/t17-,33+/m1/s1. The second-order valence-electron chi connectivity index (χ2n) is 13.9. The molecule has 0 bridgehead atoms. The van der Waals surface area contributed by atoms with E-state index in [9.17, 15) is 13.6 Å². The van der Waals surface area contributed by atoms with Gasteiger partial charge in [0.25, 0.3) is 5.91 Å². The molecule has 9 rings (SSSR count). The highest BCUT2D eigenvalue weighted by Gasteiger charge is 2.50. The Labute approximate surface area is 292 Å². The van der Waals surface area contributed by atoms with E-state index in [0.717, 1.165) is 43.6 Å². The van der Waals surface area contributed by atoms with Gasteiger partial charge in [0.05, 0.1) is 20.8 Å². The van der Waals surface area contributed by atoms with E-state index in [4.69, 9.17) is 27.1 Å². The molecule has 2 aromatic carbocycles. The zero-order chi connectivity index (χ0) is 34.4. The van der Waals surface area contributed by atoms with Crippen LogP contribution < -0.4 is 15.4 Å². The number of nitrogen functional groups attached to an aromatic ring is 1. The second kappa shape index (κ2) is 11.6. The first kappa shape index (κ1) is 31.7. The first-order chi connectivity index (χ1) is 24.1. The molecule has 5 aromatic rings. The molecule has 3 N–H and O–H groups in total. The molecule has 7 heterocycles. The van der Waals surface area contributed by atoms with E-state index < -0.39 is 23.3 Å². The molecule has 4 aliphatic rings. The number of nitrogens with two attached hydrogens (primary N) is 1. The fourth-order valence-electron chi connectivity index (χ4n) is 8.43. The number of alkyl halides is 1. The lowest BCUT2D eigenvalue weighted by Crippen LogP contribution is -2.62. The van der Waals surface area contributed by atoms with Crippen LogP contribution >= 0.6 is 22.9 Å². The van der Waals surface area contributed by atoms with Crippen LogP contribution in [0.1, 0.15) is 42.7 Å². The Bertz CT molecular complexity index is 2150. The average Bonchev–Trinajstić information content (AvgIpc) is 3.88. The first-order valence-electron chi connectivity index (χ1n) is 16.6. The van der Waals surface area contributed by atoms with E-state index in [-0.39, 0.29) is 66.8 Å². The molecular weight excluding hydrogens is 693 g/mol. The van der Waals surface area contributed by atoms with Gasteiger partial charge in [0.15, 0.2) is 10.9 Å². The van der Waals surface area contributed by atoms with Gasteiger partial charge in [-0.05, 0) is 50.4 Å². The van der Waals surface area contributed by atoms with Gasteiger partial charge in [0.2, 0.25) is 5.82 Å². The number of carbonyl (C=O) groups excluding carboxylic acids is 1. The number of nitrogens with one attached hydrogen (secondary N) is 1. The zero-order valence-corrected chi connectivity index (χ0v) is 28.3. The summed E-state index contributed by atoms with van der Waals surface area (Å²) < 4.78 is 52.6. The number of thiazole rings is 1. The molecule has 260 valence electrons. The third-order valence-electron chi connectivity index (χ3n) is 10.9. The average molecular weight is 725 g/mol. The smallest absolute Gasteiger partial charge is 0.319 e. The predicted molar refractivity (Wildman–Crippen MR) is 182 cm³/mol. The number of amides is 1. The number of anilines is 2. The molecule has 2 atom stereocenters. The van der Waals surface area contributed by atoms with Gasteiger partial charge < -0.3 is 20.3 Å². The number of hydrogen-bond donors (Lipinski definition) is 2. The fourth-order valence-corrected chi connectivity index (χ4v) is 9.49. The molecular formula is C33H32ClF3N10O2S.